The van der Waals surface area contributed by atoms with E-state index in [1.807, 2.05) is 24.3 Å². The van der Waals surface area contributed by atoms with Crippen molar-refractivity contribution in [1.82, 2.24) is 14.5 Å². The van der Waals surface area contributed by atoms with E-state index >= 15 is 0 Å². The molecule has 2 aromatic carbocycles. The fraction of sp³-hybridized carbons (Fsp3) is 0.263. The predicted octanol–water partition coefficient (Wildman–Crippen LogP) is 4.32. The lowest BCUT2D eigenvalue weighted by Gasteiger charge is -2.35. The first-order valence-electron chi connectivity index (χ1n) is 8.49. The van der Waals surface area contributed by atoms with Gasteiger partial charge in [0.05, 0.1) is 10.6 Å². The summed E-state index contributed by atoms with van der Waals surface area (Å²) in [5.74, 6) is -0.239. The Labute approximate surface area is 161 Å². The highest BCUT2D eigenvalue weighted by Gasteiger charge is 2.20. The van der Waals surface area contributed by atoms with Gasteiger partial charge >= 0.3 is 0 Å². The van der Waals surface area contributed by atoms with E-state index in [0.717, 1.165) is 59.6 Å². The highest BCUT2D eigenvalue weighted by atomic mass is 35.5. The number of benzene rings is 2. The number of halogens is 2. The van der Waals surface area contributed by atoms with Gasteiger partial charge in [-0.15, -0.1) is 5.10 Å². The van der Waals surface area contributed by atoms with Gasteiger partial charge in [0.1, 0.15) is 5.82 Å². The fourth-order valence-corrected chi connectivity index (χ4v) is 4.06. The molecular formula is C19H18ClFN4S. The van der Waals surface area contributed by atoms with Crippen LogP contribution < -0.4 is 4.90 Å². The van der Waals surface area contributed by atoms with Gasteiger partial charge in [-0.3, -0.25) is 4.90 Å². The maximum atomic E-state index is 13.5. The molecule has 1 saturated heterocycles. The van der Waals surface area contributed by atoms with Gasteiger partial charge in [-0.2, -0.15) is 0 Å². The van der Waals surface area contributed by atoms with Crippen LogP contribution >= 0.6 is 23.1 Å². The van der Waals surface area contributed by atoms with Gasteiger partial charge in [0.15, 0.2) is 0 Å². The molecule has 2 heterocycles. The van der Waals surface area contributed by atoms with Crippen LogP contribution in [0, 0.1) is 5.82 Å². The third kappa shape index (κ3) is 3.87. The lowest BCUT2D eigenvalue weighted by molar-refractivity contribution is 0.247. The molecule has 0 amide bonds. The molecule has 0 radical (unpaired) electrons. The fourth-order valence-electron chi connectivity index (χ4n) is 3.21. The molecular weight excluding hydrogens is 371 g/mol. The van der Waals surface area contributed by atoms with E-state index in [4.69, 9.17) is 11.6 Å². The van der Waals surface area contributed by atoms with Gasteiger partial charge < -0.3 is 4.90 Å². The van der Waals surface area contributed by atoms with E-state index in [9.17, 15) is 4.39 Å². The summed E-state index contributed by atoms with van der Waals surface area (Å²) in [4.78, 5) is 5.65. The van der Waals surface area contributed by atoms with Gasteiger partial charge in [-0.1, -0.05) is 34.3 Å². The van der Waals surface area contributed by atoms with Crippen molar-refractivity contribution >= 4 is 28.8 Å². The number of nitrogens with zero attached hydrogens (tertiary/aromatic N) is 4. The molecule has 1 fully saturated rings. The minimum absolute atomic E-state index is 0.239. The Morgan fingerprint density at radius 1 is 1.04 bits per heavy atom. The van der Waals surface area contributed by atoms with Gasteiger partial charge in [0, 0.05) is 43.4 Å². The molecule has 1 aliphatic rings. The number of piperazine rings is 1. The topological polar surface area (TPSA) is 32.3 Å². The number of hydrogen-bond acceptors (Lipinski definition) is 5. The zero-order chi connectivity index (χ0) is 17.9. The average Bonchev–Trinajstić information content (AvgIpc) is 3.10. The Balaban J connectivity index is 1.42. The number of aromatic nitrogens is 2. The van der Waals surface area contributed by atoms with Crippen LogP contribution in [0.4, 0.5) is 10.1 Å². The van der Waals surface area contributed by atoms with Crippen molar-refractivity contribution in [1.29, 1.82) is 0 Å². The van der Waals surface area contributed by atoms with Crippen molar-refractivity contribution in [2.45, 2.75) is 6.54 Å². The minimum Gasteiger partial charge on any atom is -0.369 e. The third-order valence-corrected chi connectivity index (χ3v) is 5.61. The van der Waals surface area contributed by atoms with Crippen LogP contribution in [-0.2, 0) is 6.54 Å². The lowest BCUT2D eigenvalue weighted by Crippen LogP contribution is -2.46. The van der Waals surface area contributed by atoms with Crippen LogP contribution in [0.15, 0.2) is 48.5 Å². The molecule has 0 N–H and O–H groups in total. The molecule has 0 spiro atoms. The third-order valence-electron chi connectivity index (χ3n) is 4.56. The summed E-state index contributed by atoms with van der Waals surface area (Å²) in [6.07, 6.45) is 0. The summed E-state index contributed by atoms with van der Waals surface area (Å²) >= 11 is 7.42. The summed E-state index contributed by atoms with van der Waals surface area (Å²) in [5, 5.41) is 5.04. The van der Waals surface area contributed by atoms with E-state index in [0.29, 0.717) is 0 Å². The molecule has 3 aromatic rings. The summed E-state index contributed by atoms with van der Waals surface area (Å²) in [6, 6.07) is 14.6. The minimum atomic E-state index is -0.239. The summed E-state index contributed by atoms with van der Waals surface area (Å²) in [7, 11) is 0. The average molecular weight is 389 g/mol. The smallest absolute Gasteiger partial charge is 0.123 e. The highest BCUT2D eigenvalue weighted by molar-refractivity contribution is 7.09. The number of anilines is 1. The Morgan fingerprint density at radius 3 is 2.62 bits per heavy atom. The van der Waals surface area contributed by atoms with Crippen LogP contribution in [0.25, 0.3) is 10.4 Å². The molecule has 0 saturated carbocycles. The van der Waals surface area contributed by atoms with Crippen LogP contribution in [0.1, 0.15) is 5.69 Å². The maximum absolute atomic E-state index is 13.5. The first-order valence-corrected chi connectivity index (χ1v) is 9.64. The van der Waals surface area contributed by atoms with Crippen molar-refractivity contribution in [2.24, 2.45) is 0 Å². The SMILES string of the molecule is Fc1cccc(-c2snnc2CN2CCN(c3cccc(Cl)c3)CC2)c1. The van der Waals surface area contributed by atoms with Crippen LogP contribution in [0.5, 0.6) is 0 Å². The quantitative estimate of drug-likeness (QED) is 0.666. The molecule has 0 atom stereocenters. The Hall–Kier alpha value is -2.02. The van der Waals surface area contributed by atoms with E-state index in [2.05, 4.69) is 25.5 Å². The van der Waals surface area contributed by atoms with Gasteiger partial charge in [0.2, 0.25) is 0 Å². The van der Waals surface area contributed by atoms with E-state index < -0.39 is 0 Å². The maximum Gasteiger partial charge on any atom is 0.123 e. The van der Waals surface area contributed by atoms with E-state index in [1.165, 1.54) is 23.7 Å². The molecule has 26 heavy (non-hydrogen) atoms. The zero-order valence-electron chi connectivity index (χ0n) is 14.1. The van der Waals surface area contributed by atoms with Crippen LogP contribution in [-0.4, -0.2) is 40.7 Å². The molecule has 0 bridgehead atoms. The molecule has 4 rings (SSSR count). The summed E-state index contributed by atoms with van der Waals surface area (Å²) < 4.78 is 17.6. The molecule has 1 aliphatic heterocycles. The second kappa shape index (κ2) is 7.70. The van der Waals surface area contributed by atoms with Crippen molar-refractivity contribution in [3.8, 4) is 10.4 Å². The zero-order valence-corrected chi connectivity index (χ0v) is 15.7. The second-order valence-electron chi connectivity index (χ2n) is 6.30. The Kier molecular flexibility index (Phi) is 5.15. The van der Waals surface area contributed by atoms with Gasteiger partial charge in [-0.25, -0.2) is 4.39 Å². The lowest BCUT2D eigenvalue weighted by atomic mass is 10.1. The standard InChI is InChI=1S/C19H18ClFN4S/c20-15-4-2-6-17(12-15)25-9-7-24(8-10-25)13-18-19(26-23-22-18)14-3-1-5-16(21)11-14/h1-6,11-12H,7-10,13H2. The molecule has 1 aromatic heterocycles. The summed E-state index contributed by atoms with van der Waals surface area (Å²) in [6.45, 7) is 4.48. The summed E-state index contributed by atoms with van der Waals surface area (Å²) in [5.41, 5.74) is 2.91. The molecule has 4 nitrogen and oxygen atoms in total. The molecule has 0 aliphatic carbocycles. The van der Waals surface area contributed by atoms with Crippen molar-refractivity contribution in [3.63, 3.8) is 0 Å². The normalized spacial score (nSPS) is 15.4. The van der Waals surface area contributed by atoms with Crippen LogP contribution in [0.3, 0.4) is 0 Å². The first-order chi connectivity index (χ1) is 12.7. The highest BCUT2D eigenvalue weighted by Crippen LogP contribution is 2.28. The van der Waals surface area contributed by atoms with Crippen LogP contribution in [0.2, 0.25) is 5.02 Å². The Bertz CT molecular complexity index is 893. The second-order valence-corrected chi connectivity index (χ2v) is 7.49. The van der Waals surface area contributed by atoms with Crippen molar-refractivity contribution < 1.29 is 4.39 Å². The first kappa shape index (κ1) is 17.4. The monoisotopic (exact) mass is 388 g/mol. The molecule has 134 valence electrons. The Morgan fingerprint density at radius 2 is 1.85 bits per heavy atom. The van der Waals surface area contributed by atoms with E-state index in [-0.39, 0.29) is 5.82 Å². The van der Waals surface area contributed by atoms with Crippen molar-refractivity contribution in [2.75, 3.05) is 31.1 Å². The van der Waals surface area contributed by atoms with Gasteiger partial charge in [0.25, 0.3) is 0 Å². The molecule has 0 unspecified atom stereocenters. The van der Waals surface area contributed by atoms with E-state index in [1.54, 1.807) is 6.07 Å². The largest absolute Gasteiger partial charge is 0.369 e. The van der Waals surface area contributed by atoms with Crippen molar-refractivity contribution in [3.05, 3.63) is 65.1 Å². The number of rotatable bonds is 4. The number of hydrogen-bond donors (Lipinski definition) is 0. The predicted molar refractivity (Wildman–Crippen MR) is 104 cm³/mol. The molecule has 7 heteroatoms. The van der Waals surface area contributed by atoms with Gasteiger partial charge in [-0.05, 0) is 47.4 Å².